The van der Waals surface area contributed by atoms with Crippen molar-refractivity contribution in [3.8, 4) is 11.8 Å². The first kappa shape index (κ1) is 17.6. The van der Waals surface area contributed by atoms with E-state index in [-0.39, 0.29) is 22.9 Å². The molecule has 0 spiro atoms. The third-order valence-corrected chi connectivity index (χ3v) is 4.05. The van der Waals surface area contributed by atoms with Crippen molar-refractivity contribution in [3.63, 3.8) is 0 Å². The van der Waals surface area contributed by atoms with Gasteiger partial charge in [0.25, 0.3) is 0 Å². The predicted molar refractivity (Wildman–Crippen MR) is 76.6 cm³/mol. The Morgan fingerprint density at radius 3 is 2.76 bits per heavy atom. The number of ether oxygens (including phenoxy) is 1. The maximum absolute atomic E-state index is 13.7. The molecular weight excluding hydrogens is 297 g/mol. The lowest BCUT2D eigenvalue weighted by molar-refractivity contribution is 0.161. The summed E-state index contributed by atoms with van der Waals surface area (Å²) in [4.78, 5) is -0.167. The van der Waals surface area contributed by atoms with Crippen LogP contribution in [-0.4, -0.2) is 40.4 Å². The van der Waals surface area contributed by atoms with Crippen molar-refractivity contribution < 1.29 is 22.7 Å². The van der Waals surface area contributed by atoms with Crippen molar-refractivity contribution in [2.24, 2.45) is 5.92 Å². The molecule has 0 aromatic heterocycles. The van der Waals surface area contributed by atoms with Crippen LogP contribution in [0.1, 0.15) is 12.5 Å². The molecule has 1 unspecified atom stereocenters. The molecule has 0 amide bonds. The van der Waals surface area contributed by atoms with Crippen molar-refractivity contribution in [1.29, 1.82) is 0 Å². The topological polar surface area (TPSA) is 75.6 Å². The Morgan fingerprint density at radius 2 is 2.19 bits per heavy atom. The third-order valence-electron chi connectivity index (χ3n) is 2.63. The Kier molecular flexibility index (Phi) is 6.78. The normalized spacial score (nSPS) is 12.6. The van der Waals surface area contributed by atoms with Gasteiger partial charge in [-0.1, -0.05) is 18.8 Å². The molecule has 0 bridgehead atoms. The van der Waals surface area contributed by atoms with Crippen LogP contribution in [0.2, 0.25) is 0 Å². The van der Waals surface area contributed by atoms with E-state index in [1.807, 2.05) is 6.92 Å². The van der Waals surface area contributed by atoms with Gasteiger partial charge in [0.1, 0.15) is 12.4 Å². The molecule has 1 atom stereocenters. The minimum absolute atomic E-state index is 0.00400. The molecule has 1 rings (SSSR count). The fraction of sp³-hybridized carbons (Fsp3) is 0.429. The summed E-state index contributed by atoms with van der Waals surface area (Å²) in [6.07, 6.45) is 0. The lowest BCUT2D eigenvalue weighted by Crippen LogP contribution is -2.30. The molecule has 0 aliphatic rings. The highest BCUT2D eigenvalue weighted by Gasteiger charge is 2.16. The number of nitrogens with one attached hydrogen (secondary N) is 1. The van der Waals surface area contributed by atoms with Gasteiger partial charge in [0.2, 0.25) is 10.0 Å². The van der Waals surface area contributed by atoms with Crippen molar-refractivity contribution in [2.45, 2.75) is 11.8 Å². The molecule has 1 aromatic carbocycles. The fourth-order valence-corrected chi connectivity index (χ4v) is 2.75. The molecule has 0 saturated heterocycles. The summed E-state index contributed by atoms with van der Waals surface area (Å²) >= 11 is 0. The van der Waals surface area contributed by atoms with E-state index in [0.717, 1.165) is 6.07 Å². The summed E-state index contributed by atoms with van der Waals surface area (Å²) in [5, 5.41) is 8.56. The maximum Gasteiger partial charge on any atom is 0.240 e. The van der Waals surface area contributed by atoms with Gasteiger partial charge < -0.3 is 9.84 Å². The maximum atomic E-state index is 13.7. The zero-order valence-electron chi connectivity index (χ0n) is 11.9. The van der Waals surface area contributed by atoms with Gasteiger partial charge in [0.05, 0.1) is 10.5 Å². The van der Waals surface area contributed by atoms with Crippen LogP contribution < -0.4 is 4.72 Å². The van der Waals surface area contributed by atoms with Gasteiger partial charge in [-0.3, -0.25) is 0 Å². The minimum atomic E-state index is -3.78. The van der Waals surface area contributed by atoms with E-state index in [0.29, 0.717) is 6.61 Å². The molecule has 5 nitrogen and oxygen atoms in total. The van der Waals surface area contributed by atoms with Gasteiger partial charge in [0, 0.05) is 20.3 Å². The van der Waals surface area contributed by atoms with Crippen molar-refractivity contribution in [1.82, 2.24) is 4.72 Å². The van der Waals surface area contributed by atoms with Gasteiger partial charge in [-0.15, -0.1) is 0 Å². The summed E-state index contributed by atoms with van der Waals surface area (Å²) in [5.41, 5.74) is 0.0377. The zero-order chi connectivity index (χ0) is 15.9. The van der Waals surface area contributed by atoms with Crippen LogP contribution in [0, 0.1) is 23.6 Å². The molecule has 2 N–H and O–H groups in total. The fourth-order valence-electron chi connectivity index (χ4n) is 1.58. The lowest BCUT2D eigenvalue weighted by Gasteiger charge is -2.12. The van der Waals surface area contributed by atoms with E-state index < -0.39 is 22.4 Å². The summed E-state index contributed by atoms with van der Waals surface area (Å²) in [6.45, 7) is 2.06. The second-order valence-electron chi connectivity index (χ2n) is 4.51. The number of halogens is 1. The molecule has 0 aliphatic heterocycles. The first-order valence-electron chi connectivity index (χ1n) is 6.28. The number of rotatable bonds is 6. The molecular formula is C14H18FNO4S. The van der Waals surface area contributed by atoms with Crippen molar-refractivity contribution in [2.75, 3.05) is 26.9 Å². The van der Waals surface area contributed by atoms with E-state index in [1.165, 1.54) is 19.2 Å². The van der Waals surface area contributed by atoms with Crippen LogP contribution in [-0.2, 0) is 14.8 Å². The number of aliphatic hydroxyl groups is 1. The predicted octanol–water partition coefficient (Wildman–Crippen LogP) is 0.730. The Hall–Kier alpha value is -1.46. The Morgan fingerprint density at radius 1 is 1.48 bits per heavy atom. The molecule has 0 aliphatic carbocycles. The van der Waals surface area contributed by atoms with Crippen LogP contribution in [0.15, 0.2) is 23.1 Å². The number of sulfonamides is 1. The van der Waals surface area contributed by atoms with Crippen LogP contribution in [0.3, 0.4) is 0 Å². The average Bonchev–Trinajstić information content (AvgIpc) is 2.44. The standard InChI is InChI=1S/C14H18FNO4S/c1-11(10-20-2)9-16-21(18,19)13-6-5-12(4-3-7-17)14(15)8-13/h5-6,8,11,16-17H,7,9-10H2,1-2H3. The Bertz CT molecular complexity index is 634. The number of aliphatic hydroxyl groups excluding tert-OH is 1. The Balaban J connectivity index is 2.87. The summed E-state index contributed by atoms with van der Waals surface area (Å²) in [5.74, 6) is 3.96. The average molecular weight is 315 g/mol. The molecule has 116 valence electrons. The Labute approximate surface area is 124 Å². The molecule has 7 heteroatoms. The minimum Gasteiger partial charge on any atom is -0.384 e. The summed E-state index contributed by atoms with van der Waals surface area (Å²) < 4.78 is 45.1. The highest BCUT2D eigenvalue weighted by molar-refractivity contribution is 7.89. The number of hydrogen-bond donors (Lipinski definition) is 2. The lowest BCUT2D eigenvalue weighted by atomic mass is 10.2. The quantitative estimate of drug-likeness (QED) is 0.759. The molecule has 0 saturated carbocycles. The number of benzene rings is 1. The highest BCUT2D eigenvalue weighted by Crippen LogP contribution is 2.14. The van der Waals surface area contributed by atoms with Crippen LogP contribution in [0.25, 0.3) is 0 Å². The van der Waals surface area contributed by atoms with Gasteiger partial charge in [-0.25, -0.2) is 17.5 Å². The van der Waals surface area contributed by atoms with Gasteiger partial charge >= 0.3 is 0 Å². The molecule has 0 fully saturated rings. The van der Waals surface area contributed by atoms with Crippen molar-refractivity contribution in [3.05, 3.63) is 29.6 Å². The van der Waals surface area contributed by atoms with E-state index in [9.17, 15) is 12.8 Å². The van der Waals surface area contributed by atoms with E-state index in [4.69, 9.17) is 9.84 Å². The molecule has 0 heterocycles. The van der Waals surface area contributed by atoms with Crippen molar-refractivity contribution >= 4 is 10.0 Å². The first-order valence-corrected chi connectivity index (χ1v) is 7.77. The van der Waals surface area contributed by atoms with E-state index >= 15 is 0 Å². The largest absolute Gasteiger partial charge is 0.384 e. The number of hydrogen-bond acceptors (Lipinski definition) is 4. The van der Waals surface area contributed by atoms with Gasteiger partial charge in [-0.2, -0.15) is 0 Å². The summed E-state index contributed by atoms with van der Waals surface area (Å²) in [6, 6.07) is 3.45. The number of methoxy groups -OCH3 is 1. The monoisotopic (exact) mass is 315 g/mol. The van der Waals surface area contributed by atoms with Crippen LogP contribution >= 0.6 is 0 Å². The smallest absolute Gasteiger partial charge is 0.240 e. The highest BCUT2D eigenvalue weighted by atomic mass is 32.2. The second kappa shape index (κ2) is 8.10. The van der Waals surface area contributed by atoms with Gasteiger partial charge in [0.15, 0.2) is 0 Å². The third kappa shape index (κ3) is 5.44. The second-order valence-corrected chi connectivity index (χ2v) is 6.28. The SMILES string of the molecule is COCC(C)CNS(=O)(=O)c1ccc(C#CCO)c(F)c1. The summed E-state index contributed by atoms with van der Waals surface area (Å²) in [7, 11) is -2.24. The van der Waals surface area contributed by atoms with Crippen LogP contribution in [0.5, 0.6) is 0 Å². The zero-order valence-corrected chi connectivity index (χ0v) is 12.7. The molecule has 1 aromatic rings. The van der Waals surface area contributed by atoms with E-state index in [2.05, 4.69) is 16.6 Å². The van der Waals surface area contributed by atoms with E-state index in [1.54, 1.807) is 0 Å². The van der Waals surface area contributed by atoms with Crippen LogP contribution in [0.4, 0.5) is 4.39 Å². The molecule has 21 heavy (non-hydrogen) atoms. The first-order chi connectivity index (χ1) is 9.90. The van der Waals surface area contributed by atoms with Gasteiger partial charge in [-0.05, 0) is 24.1 Å². The molecule has 0 radical (unpaired) electrons.